The van der Waals surface area contributed by atoms with Crippen LogP contribution in [0.3, 0.4) is 0 Å². The molecule has 0 saturated carbocycles. The Bertz CT molecular complexity index is 1180. The lowest BCUT2D eigenvalue weighted by molar-refractivity contribution is -0.870. The molecule has 0 amide bonds. The van der Waals surface area contributed by atoms with E-state index in [9.17, 15) is 19.0 Å². The Kier molecular flexibility index (Phi) is 41.8. The topological polar surface area (TPSA) is 111 Å². The second-order valence-electron chi connectivity index (χ2n) is 17.8. The Hall–Kier alpha value is -2.03. The summed E-state index contributed by atoms with van der Waals surface area (Å²) in [4.78, 5) is 37.6. The summed E-state index contributed by atoms with van der Waals surface area (Å²) in [5, 5.41) is 0. The average Bonchev–Trinajstić information content (AvgIpc) is 3.21. The van der Waals surface area contributed by atoms with Crippen LogP contribution in [0.15, 0.2) is 48.6 Å². The van der Waals surface area contributed by atoms with E-state index in [1.165, 1.54) is 116 Å². The van der Waals surface area contributed by atoms with E-state index in [4.69, 9.17) is 18.5 Å². The number of rotatable bonds is 45. The molecule has 0 bridgehead atoms. The quantitative estimate of drug-likeness (QED) is 0.0195. The lowest BCUT2D eigenvalue weighted by atomic mass is 10.0. The number of esters is 2. The minimum atomic E-state index is -4.63. The van der Waals surface area contributed by atoms with Crippen molar-refractivity contribution in [1.82, 2.24) is 0 Å². The first-order chi connectivity index (χ1) is 29.5. The van der Waals surface area contributed by atoms with Gasteiger partial charge in [-0.3, -0.25) is 14.2 Å². The van der Waals surface area contributed by atoms with Crippen LogP contribution in [0.25, 0.3) is 0 Å². The van der Waals surface area contributed by atoms with Gasteiger partial charge in [0.1, 0.15) is 19.8 Å². The van der Waals surface area contributed by atoms with Gasteiger partial charge in [0.05, 0.1) is 27.7 Å². The second kappa shape index (κ2) is 43.2. The lowest BCUT2D eigenvalue weighted by Crippen LogP contribution is -2.37. The van der Waals surface area contributed by atoms with Crippen molar-refractivity contribution in [2.75, 3.05) is 47.5 Å². The summed E-state index contributed by atoms with van der Waals surface area (Å²) in [6, 6.07) is 0. The second-order valence-corrected chi connectivity index (χ2v) is 19.2. The highest BCUT2D eigenvalue weighted by molar-refractivity contribution is 7.45. The fraction of sp³-hybridized carbons (Fsp3) is 0.804. The maximum absolute atomic E-state index is 12.7. The number of carbonyl (C=O) groups excluding carboxylic acids is 2. The van der Waals surface area contributed by atoms with Gasteiger partial charge in [-0.2, -0.15) is 0 Å². The van der Waals surface area contributed by atoms with Crippen LogP contribution < -0.4 is 4.89 Å². The molecule has 0 rings (SSSR count). The van der Waals surface area contributed by atoms with E-state index in [0.717, 1.165) is 64.2 Å². The molecule has 356 valence electrons. The highest BCUT2D eigenvalue weighted by atomic mass is 31.2. The normalized spacial score (nSPS) is 13.9. The maximum Gasteiger partial charge on any atom is 0.306 e. The van der Waals surface area contributed by atoms with Crippen LogP contribution in [0, 0.1) is 0 Å². The SMILES string of the molecule is CC/C=C\C/C=C\C/C=C\C/C=C\CCCCCCCCCCCCCCC(=O)OC(COC(=O)CCCCCCCCCCCCCC)COP(=O)([O-])OCC[N+](C)(C)C. The number of ether oxygens (including phenoxy) is 2. The van der Waals surface area contributed by atoms with Gasteiger partial charge < -0.3 is 27.9 Å². The van der Waals surface area contributed by atoms with Crippen molar-refractivity contribution < 1.29 is 42.1 Å². The number of carbonyl (C=O) groups is 2. The third-order valence-electron chi connectivity index (χ3n) is 10.6. The third-order valence-corrected chi connectivity index (χ3v) is 11.6. The molecule has 10 heteroatoms. The predicted octanol–water partition coefficient (Wildman–Crippen LogP) is 14.0. The average molecular weight is 880 g/mol. The molecule has 0 radical (unpaired) electrons. The van der Waals surface area contributed by atoms with Crippen LogP contribution in [0.1, 0.15) is 213 Å². The van der Waals surface area contributed by atoms with E-state index >= 15 is 0 Å². The predicted molar refractivity (Wildman–Crippen MR) is 254 cm³/mol. The van der Waals surface area contributed by atoms with Crippen molar-refractivity contribution in [2.24, 2.45) is 0 Å². The van der Waals surface area contributed by atoms with Gasteiger partial charge in [-0.15, -0.1) is 0 Å². The first-order valence-electron chi connectivity index (χ1n) is 24.8. The molecule has 0 aliphatic carbocycles. The first-order valence-corrected chi connectivity index (χ1v) is 26.3. The summed E-state index contributed by atoms with van der Waals surface area (Å²) in [5.74, 6) is -0.832. The third kappa shape index (κ3) is 47.3. The van der Waals surface area contributed by atoms with Gasteiger partial charge in [0.15, 0.2) is 6.10 Å². The van der Waals surface area contributed by atoms with Gasteiger partial charge in [-0.25, -0.2) is 0 Å². The number of hydrogen-bond donors (Lipinski definition) is 0. The molecular weight excluding hydrogens is 786 g/mol. The van der Waals surface area contributed by atoms with Crippen molar-refractivity contribution in [1.29, 1.82) is 0 Å². The van der Waals surface area contributed by atoms with Crippen molar-refractivity contribution in [3.8, 4) is 0 Å². The van der Waals surface area contributed by atoms with Crippen LogP contribution in [0.2, 0.25) is 0 Å². The van der Waals surface area contributed by atoms with Crippen LogP contribution in [-0.4, -0.2) is 70.0 Å². The highest BCUT2D eigenvalue weighted by Crippen LogP contribution is 2.38. The van der Waals surface area contributed by atoms with Gasteiger partial charge in [-0.05, 0) is 51.4 Å². The summed E-state index contributed by atoms with van der Waals surface area (Å²) in [7, 11) is 1.17. The van der Waals surface area contributed by atoms with Crippen molar-refractivity contribution in [2.45, 2.75) is 219 Å². The van der Waals surface area contributed by atoms with Crippen LogP contribution in [0.5, 0.6) is 0 Å². The molecule has 0 heterocycles. The fourth-order valence-corrected chi connectivity index (χ4v) is 7.49. The van der Waals surface area contributed by atoms with Gasteiger partial charge in [0, 0.05) is 12.8 Å². The van der Waals surface area contributed by atoms with Crippen molar-refractivity contribution in [3.63, 3.8) is 0 Å². The molecule has 0 aromatic carbocycles. The Morgan fingerprint density at radius 2 is 0.934 bits per heavy atom. The molecule has 2 atom stereocenters. The van der Waals surface area contributed by atoms with Crippen LogP contribution >= 0.6 is 7.82 Å². The van der Waals surface area contributed by atoms with E-state index in [-0.39, 0.29) is 32.0 Å². The van der Waals surface area contributed by atoms with E-state index < -0.39 is 26.5 Å². The molecule has 0 saturated heterocycles. The zero-order valence-electron chi connectivity index (χ0n) is 40.1. The highest BCUT2D eigenvalue weighted by Gasteiger charge is 2.21. The molecule has 61 heavy (non-hydrogen) atoms. The van der Waals surface area contributed by atoms with Gasteiger partial charge >= 0.3 is 11.9 Å². The number of hydrogen-bond acceptors (Lipinski definition) is 8. The molecule has 0 spiro atoms. The van der Waals surface area contributed by atoms with E-state index in [1.807, 2.05) is 21.1 Å². The zero-order valence-corrected chi connectivity index (χ0v) is 41.0. The van der Waals surface area contributed by atoms with Gasteiger partial charge in [-0.1, -0.05) is 197 Å². The number of likely N-dealkylation sites (N-methyl/N-ethyl adjacent to an activating group) is 1. The molecular formula is C51H94NO8P. The number of phosphoric ester groups is 1. The molecule has 0 aromatic heterocycles. The van der Waals surface area contributed by atoms with Gasteiger partial charge in [0.25, 0.3) is 7.82 Å². The Morgan fingerprint density at radius 1 is 0.525 bits per heavy atom. The summed E-state index contributed by atoms with van der Waals surface area (Å²) in [6.07, 6.45) is 51.4. The zero-order chi connectivity index (χ0) is 45.0. The smallest absolute Gasteiger partial charge is 0.306 e. The first kappa shape index (κ1) is 59.0. The molecule has 2 unspecified atom stereocenters. The Morgan fingerprint density at radius 3 is 1.39 bits per heavy atom. The van der Waals surface area contributed by atoms with Crippen LogP contribution in [0.4, 0.5) is 0 Å². The summed E-state index contributed by atoms with van der Waals surface area (Å²) in [6.45, 7) is 4.12. The number of nitrogens with zero attached hydrogens (tertiary/aromatic N) is 1. The standard InChI is InChI=1S/C51H94NO8P/c1-6-8-10-12-14-16-18-20-21-22-23-24-25-26-27-28-29-30-31-32-34-36-38-40-42-44-51(54)60-49(48-59-61(55,56)58-46-45-52(3,4)5)47-57-50(53)43-41-39-37-35-33-19-17-15-13-11-9-7-2/h8,10,14,16,20-21,23-24,49H,6-7,9,11-13,15,17-19,22,25-48H2,1-5H3/b10-8-,16-14-,21-20-,24-23-. The number of quaternary nitrogens is 1. The van der Waals surface area contributed by atoms with Crippen molar-refractivity contribution in [3.05, 3.63) is 48.6 Å². The minimum absolute atomic E-state index is 0.0308. The Labute approximate surface area is 375 Å². The lowest BCUT2D eigenvalue weighted by Gasteiger charge is -2.28. The fourth-order valence-electron chi connectivity index (χ4n) is 6.76. The molecule has 9 nitrogen and oxygen atoms in total. The number of phosphoric acid groups is 1. The van der Waals surface area contributed by atoms with E-state index in [1.54, 1.807) is 0 Å². The molecule has 0 fully saturated rings. The molecule has 0 N–H and O–H groups in total. The largest absolute Gasteiger partial charge is 0.756 e. The van der Waals surface area contributed by atoms with Crippen molar-refractivity contribution >= 4 is 19.8 Å². The maximum atomic E-state index is 12.7. The minimum Gasteiger partial charge on any atom is -0.756 e. The Balaban J connectivity index is 4.19. The van der Waals surface area contributed by atoms with Crippen LogP contribution in [-0.2, 0) is 32.7 Å². The summed E-state index contributed by atoms with van der Waals surface area (Å²) < 4.78 is 34.0. The van der Waals surface area contributed by atoms with E-state index in [0.29, 0.717) is 17.4 Å². The summed E-state index contributed by atoms with van der Waals surface area (Å²) >= 11 is 0. The molecule has 0 aliphatic rings. The number of allylic oxidation sites excluding steroid dienone is 8. The van der Waals surface area contributed by atoms with E-state index in [2.05, 4.69) is 62.5 Å². The summed E-state index contributed by atoms with van der Waals surface area (Å²) in [5.41, 5.74) is 0. The number of unbranched alkanes of at least 4 members (excludes halogenated alkanes) is 23. The molecule has 0 aliphatic heterocycles. The van der Waals surface area contributed by atoms with Gasteiger partial charge in [0.2, 0.25) is 0 Å². The monoisotopic (exact) mass is 880 g/mol. The molecule has 0 aromatic rings.